The minimum Gasteiger partial charge on any atom is -0.398 e. The first-order valence-electron chi connectivity index (χ1n) is 7.50. The lowest BCUT2D eigenvalue weighted by atomic mass is 9.99. The van der Waals surface area contributed by atoms with Crippen LogP contribution in [-0.2, 0) is 0 Å². The molecule has 0 aliphatic carbocycles. The molecule has 0 aliphatic rings. The monoisotopic (exact) mass is 453 g/mol. The number of carbonyl (C=O) groups excluding carboxylic acids is 1. The molecule has 134 valence electrons. The predicted octanol–water partition coefficient (Wildman–Crippen LogP) is 4.41. The maximum Gasteiger partial charge on any atom is 0.274 e. The molecule has 0 atom stereocenters. The summed E-state index contributed by atoms with van der Waals surface area (Å²) in [6.07, 6.45) is 1.39. The summed E-state index contributed by atoms with van der Waals surface area (Å²) in [5.74, 6) is -0.307. The zero-order valence-corrected chi connectivity index (χ0v) is 16.6. The van der Waals surface area contributed by atoms with E-state index < -0.39 is 0 Å². The number of carbonyl (C=O) groups is 1. The zero-order valence-electron chi connectivity index (χ0n) is 14.3. The Bertz CT molecular complexity index is 865. The maximum absolute atomic E-state index is 12.6. The van der Waals surface area contributed by atoms with Gasteiger partial charge in [-0.15, -0.1) is 24.0 Å². The molecule has 0 saturated heterocycles. The van der Waals surface area contributed by atoms with Crippen molar-refractivity contribution in [3.63, 3.8) is 0 Å². The average molecular weight is 453 g/mol. The molecule has 0 saturated carbocycles. The Morgan fingerprint density at radius 1 is 1.40 bits per heavy atom. The molecule has 6 nitrogen and oxygen atoms in total. The second-order valence-corrected chi connectivity index (χ2v) is 5.81. The number of pyridine rings is 1. The Morgan fingerprint density at radius 2 is 2.08 bits per heavy atom. The number of hydrogen-bond acceptors (Lipinski definition) is 5. The van der Waals surface area contributed by atoms with Gasteiger partial charge in [0.05, 0.1) is 5.56 Å². The van der Waals surface area contributed by atoms with E-state index in [4.69, 9.17) is 16.4 Å². The molecule has 1 heterocycles. The highest BCUT2D eigenvalue weighted by Crippen LogP contribution is 2.22. The van der Waals surface area contributed by atoms with Crippen molar-refractivity contribution in [2.75, 3.05) is 11.1 Å². The van der Waals surface area contributed by atoms with Gasteiger partial charge >= 0.3 is 0 Å². The molecule has 2 aromatic rings. The molecular formula is C18H24IN5O. The number of anilines is 2. The quantitative estimate of drug-likeness (QED) is 0.361. The van der Waals surface area contributed by atoms with Crippen LogP contribution in [0.1, 0.15) is 56.7 Å². The average Bonchev–Trinajstić information content (AvgIpc) is 2.55. The molecule has 0 fully saturated rings. The molecule has 0 aliphatic heterocycles. The predicted molar refractivity (Wildman–Crippen MR) is 114 cm³/mol. The van der Waals surface area contributed by atoms with Gasteiger partial charge in [-0.05, 0) is 42.7 Å². The molecule has 7 heteroatoms. The number of rotatable bonds is 4. The molecule has 0 bridgehead atoms. The third-order valence-electron chi connectivity index (χ3n) is 3.60. The summed E-state index contributed by atoms with van der Waals surface area (Å²) >= 11 is 0. The topological polar surface area (TPSA) is 116 Å². The lowest BCUT2D eigenvalue weighted by Crippen LogP contribution is -2.17. The molecule has 0 unspecified atom stereocenters. The highest BCUT2D eigenvalue weighted by atomic mass is 127. The lowest BCUT2D eigenvalue weighted by Gasteiger charge is -2.13. The van der Waals surface area contributed by atoms with Crippen molar-refractivity contribution in [3.05, 3.63) is 52.8 Å². The first kappa shape index (κ1) is 20.6. The van der Waals surface area contributed by atoms with Crippen molar-refractivity contribution in [2.45, 2.75) is 26.7 Å². The van der Waals surface area contributed by atoms with Crippen LogP contribution >= 0.6 is 24.0 Å². The summed E-state index contributed by atoms with van der Waals surface area (Å²) in [4.78, 5) is 16.7. The van der Waals surface area contributed by atoms with E-state index in [1.165, 1.54) is 6.20 Å². The Kier molecular flexibility index (Phi) is 7.06. The van der Waals surface area contributed by atoms with Crippen molar-refractivity contribution in [3.8, 4) is 6.07 Å². The third kappa shape index (κ3) is 4.76. The maximum atomic E-state index is 12.6. The summed E-state index contributed by atoms with van der Waals surface area (Å²) in [7, 11) is 0. The lowest BCUT2D eigenvalue weighted by molar-refractivity contribution is 0.102. The number of nitrogens with one attached hydrogen (secondary N) is 2. The molecular weight excluding hydrogens is 429 g/mol. The van der Waals surface area contributed by atoms with Crippen LogP contribution in [-0.4, -0.2) is 16.6 Å². The molecule has 0 spiro atoms. The van der Waals surface area contributed by atoms with E-state index in [0.29, 0.717) is 33.8 Å². The van der Waals surface area contributed by atoms with E-state index in [9.17, 15) is 4.79 Å². The van der Waals surface area contributed by atoms with Gasteiger partial charge in [-0.2, -0.15) is 5.26 Å². The van der Waals surface area contributed by atoms with E-state index >= 15 is 0 Å². The Labute approximate surface area is 167 Å². The fraction of sp³-hybridized carbons (Fsp3) is 0.222. The summed E-state index contributed by atoms with van der Waals surface area (Å²) in [6.45, 7) is 5.51. The van der Waals surface area contributed by atoms with Gasteiger partial charge in [0.1, 0.15) is 11.8 Å². The van der Waals surface area contributed by atoms with E-state index in [2.05, 4.69) is 10.3 Å². The molecule has 2 rings (SSSR count). The minimum atomic E-state index is -0.360. The van der Waals surface area contributed by atoms with Crippen molar-refractivity contribution in [2.24, 2.45) is 0 Å². The fourth-order valence-electron chi connectivity index (χ4n) is 2.32. The van der Waals surface area contributed by atoms with Gasteiger partial charge < -0.3 is 16.5 Å². The van der Waals surface area contributed by atoms with E-state index in [1.807, 2.05) is 19.9 Å². The number of benzene rings is 1. The molecule has 1 aromatic carbocycles. The largest absolute Gasteiger partial charge is 0.398 e. The Morgan fingerprint density at radius 3 is 2.64 bits per heavy atom. The summed E-state index contributed by atoms with van der Waals surface area (Å²) in [5, 5.41) is 19.5. The zero-order chi connectivity index (χ0) is 17.9. The van der Waals surface area contributed by atoms with Crippen LogP contribution in [0.2, 0.25) is 0 Å². The second kappa shape index (κ2) is 8.58. The highest BCUT2D eigenvalue weighted by Gasteiger charge is 2.17. The van der Waals surface area contributed by atoms with Crippen LogP contribution in [0, 0.1) is 16.7 Å². The van der Waals surface area contributed by atoms with Crippen LogP contribution in [0.3, 0.4) is 0 Å². The smallest absolute Gasteiger partial charge is 0.274 e. The molecule has 25 heavy (non-hydrogen) atoms. The molecule has 1 aromatic heterocycles. The van der Waals surface area contributed by atoms with Gasteiger partial charge in [0, 0.05) is 31.7 Å². The van der Waals surface area contributed by atoms with Crippen molar-refractivity contribution in [1.29, 1.82) is 10.7 Å². The second-order valence-electron chi connectivity index (χ2n) is 5.81. The first-order valence-corrected chi connectivity index (χ1v) is 7.50. The Hall–Kier alpha value is -2.47. The molecule has 4 N–H and O–H groups in total. The standard InChI is InChI=1S/C18H19N5O.HI.2H2/c1-10(2)14-6-12(8-19)9-22-17(14)18(24)23-13-4-5-16(21)15(7-13)11(3)20;;;/h4-7,9-10,20H,21H2,1-3H3,(H,23,24);3*1H. The van der Waals surface area contributed by atoms with Gasteiger partial charge in [-0.25, -0.2) is 4.98 Å². The van der Waals surface area contributed by atoms with E-state index in [0.717, 1.165) is 0 Å². The van der Waals surface area contributed by atoms with Crippen LogP contribution < -0.4 is 11.1 Å². The van der Waals surface area contributed by atoms with Crippen LogP contribution in [0.15, 0.2) is 30.5 Å². The number of amides is 1. The van der Waals surface area contributed by atoms with Crippen molar-refractivity contribution < 1.29 is 7.65 Å². The van der Waals surface area contributed by atoms with Gasteiger partial charge in [-0.1, -0.05) is 13.8 Å². The molecule has 1 amide bonds. The van der Waals surface area contributed by atoms with E-state index in [-0.39, 0.29) is 44.3 Å². The van der Waals surface area contributed by atoms with Gasteiger partial charge in [-0.3, -0.25) is 4.79 Å². The number of nitrogens with zero attached hydrogens (tertiary/aromatic N) is 2. The number of nitrogens with two attached hydrogens (primary N) is 1. The normalized spacial score (nSPS) is 9.88. The summed E-state index contributed by atoms with van der Waals surface area (Å²) < 4.78 is 0. The molecule has 0 radical (unpaired) electrons. The van der Waals surface area contributed by atoms with Gasteiger partial charge in [0.15, 0.2) is 0 Å². The van der Waals surface area contributed by atoms with Gasteiger partial charge in [0.2, 0.25) is 0 Å². The van der Waals surface area contributed by atoms with Gasteiger partial charge in [0.25, 0.3) is 5.91 Å². The number of halogens is 1. The highest BCUT2D eigenvalue weighted by molar-refractivity contribution is 14.0. The van der Waals surface area contributed by atoms with Crippen molar-refractivity contribution in [1.82, 2.24) is 4.98 Å². The van der Waals surface area contributed by atoms with E-state index in [1.54, 1.807) is 31.2 Å². The van der Waals surface area contributed by atoms with Crippen LogP contribution in [0.5, 0.6) is 0 Å². The SMILES string of the molecule is CC(=N)c1cc(NC(=O)c2ncc(C#N)cc2C(C)C)ccc1N.I.[HH].[HH]. The number of nitriles is 1. The number of nitrogen functional groups attached to an aromatic ring is 1. The van der Waals surface area contributed by atoms with Crippen LogP contribution in [0.25, 0.3) is 0 Å². The fourth-order valence-corrected chi connectivity index (χ4v) is 2.32. The van der Waals surface area contributed by atoms with Crippen molar-refractivity contribution >= 4 is 47.0 Å². The first-order chi connectivity index (χ1) is 11.3. The Balaban J connectivity index is 0. The number of aromatic nitrogens is 1. The summed E-state index contributed by atoms with van der Waals surface area (Å²) in [5.41, 5.74) is 9.17. The van der Waals surface area contributed by atoms with Crippen LogP contribution in [0.4, 0.5) is 11.4 Å². The third-order valence-corrected chi connectivity index (χ3v) is 3.60. The summed E-state index contributed by atoms with van der Waals surface area (Å²) in [6, 6.07) is 8.71. The number of hydrogen-bond donors (Lipinski definition) is 3. The minimum absolute atomic E-state index is 0.